The first-order chi connectivity index (χ1) is 13.8. The molecule has 0 atom stereocenters. The monoisotopic (exact) mass is 393 g/mol. The summed E-state index contributed by atoms with van der Waals surface area (Å²) in [7, 11) is 0. The van der Waals surface area contributed by atoms with Crippen molar-refractivity contribution >= 4 is 17.0 Å². The van der Waals surface area contributed by atoms with Crippen LogP contribution < -0.4 is 9.64 Å². The van der Waals surface area contributed by atoms with Crippen LogP contribution in [0.4, 0.5) is 5.69 Å². The average Bonchev–Trinajstić information content (AvgIpc) is 3.08. The predicted octanol–water partition coefficient (Wildman–Crippen LogP) is 4.92. The molecule has 4 nitrogen and oxygen atoms in total. The molecule has 0 saturated carbocycles. The molecule has 0 bridgehead atoms. The van der Waals surface area contributed by atoms with Crippen LogP contribution in [0, 0.1) is 0 Å². The molecule has 4 rings (SSSR count). The smallest absolute Gasteiger partial charge is 0.142 e. The third-order valence-electron chi connectivity index (χ3n) is 5.05. The molecular formula is C23H27N3OS. The van der Waals surface area contributed by atoms with Gasteiger partial charge < -0.3 is 9.64 Å². The van der Waals surface area contributed by atoms with E-state index in [1.54, 1.807) is 11.3 Å². The lowest BCUT2D eigenvalue weighted by Gasteiger charge is -2.25. The van der Waals surface area contributed by atoms with E-state index in [0.29, 0.717) is 6.61 Å². The molecule has 0 aliphatic carbocycles. The molecule has 0 N–H and O–H groups in total. The Morgan fingerprint density at radius 2 is 1.79 bits per heavy atom. The summed E-state index contributed by atoms with van der Waals surface area (Å²) in [6, 6.07) is 18.8. The van der Waals surface area contributed by atoms with Gasteiger partial charge in [0.25, 0.3) is 0 Å². The van der Waals surface area contributed by atoms with Gasteiger partial charge in [0.15, 0.2) is 0 Å². The minimum atomic E-state index is 0.699. The number of hydrogen-bond donors (Lipinski definition) is 0. The Hall–Kier alpha value is -2.37. The van der Waals surface area contributed by atoms with Gasteiger partial charge in [0.2, 0.25) is 0 Å². The van der Waals surface area contributed by atoms with E-state index in [9.17, 15) is 0 Å². The molecule has 2 heterocycles. The number of hydrogen-bond acceptors (Lipinski definition) is 5. The fourth-order valence-electron chi connectivity index (χ4n) is 3.69. The van der Waals surface area contributed by atoms with E-state index in [0.717, 1.165) is 49.9 Å². The van der Waals surface area contributed by atoms with Gasteiger partial charge >= 0.3 is 0 Å². The van der Waals surface area contributed by atoms with Gasteiger partial charge in [-0.1, -0.05) is 42.5 Å². The van der Waals surface area contributed by atoms with Crippen molar-refractivity contribution in [1.29, 1.82) is 0 Å². The van der Waals surface area contributed by atoms with Gasteiger partial charge in [-0.05, 0) is 25.5 Å². The first-order valence-corrected chi connectivity index (χ1v) is 10.9. The van der Waals surface area contributed by atoms with Crippen molar-refractivity contribution in [3.05, 3.63) is 65.7 Å². The maximum absolute atomic E-state index is 5.83. The molecule has 0 radical (unpaired) electrons. The highest BCUT2D eigenvalue weighted by Crippen LogP contribution is 2.29. The van der Waals surface area contributed by atoms with Crippen molar-refractivity contribution in [1.82, 2.24) is 9.88 Å². The SMILES string of the molecule is CCOc1ccccc1N1CCCN(Cc2csc(-c3ccccc3)n2)CC1. The Labute approximate surface area is 171 Å². The van der Waals surface area contributed by atoms with Crippen molar-refractivity contribution in [2.24, 2.45) is 0 Å². The molecule has 28 heavy (non-hydrogen) atoms. The summed E-state index contributed by atoms with van der Waals surface area (Å²) >= 11 is 1.74. The highest BCUT2D eigenvalue weighted by molar-refractivity contribution is 7.13. The minimum absolute atomic E-state index is 0.699. The van der Waals surface area contributed by atoms with Crippen molar-refractivity contribution < 1.29 is 4.74 Å². The molecule has 0 amide bonds. The third-order valence-corrected chi connectivity index (χ3v) is 5.99. The van der Waals surface area contributed by atoms with Crippen LogP contribution in [0.1, 0.15) is 19.0 Å². The van der Waals surface area contributed by atoms with Crippen LogP contribution in [0.3, 0.4) is 0 Å². The molecule has 5 heteroatoms. The fourth-order valence-corrected chi connectivity index (χ4v) is 4.50. The molecule has 0 unspecified atom stereocenters. The zero-order chi connectivity index (χ0) is 19.2. The highest BCUT2D eigenvalue weighted by atomic mass is 32.1. The molecule has 1 aromatic heterocycles. The summed E-state index contributed by atoms with van der Waals surface area (Å²) in [4.78, 5) is 9.84. The number of anilines is 1. The predicted molar refractivity (Wildman–Crippen MR) is 117 cm³/mol. The van der Waals surface area contributed by atoms with Crippen LogP contribution in [-0.2, 0) is 6.54 Å². The summed E-state index contributed by atoms with van der Waals surface area (Å²) in [5, 5.41) is 3.31. The van der Waals surface area contributed by atoms with Crippen LogP contribution in [0.5, 0.6) is 5.75 Å². The van der Waals surface area contributed by atoms with Crippen LogP contribution >= 0.6 is 11.3 Å². The van der Waals surface area contributed by atoms with E-state index < -0.39 is 0 Å². The molecule has 1 aliphatic rings. The minimum Gasteiger partial charge on any atom is -0.492 e. The lowest BCUT2D eigenvalue weighted by molar-refractivity contribution is 0.282. The quantitative estimate of drug-likeness (QED) is 0.594. The lowest BCUT2D eigenvalue weighted by Crippen LogP contribution is -2.30. The Morgan fingerprint density at radius 3 is 2.64 bits per heavy atom. The Kier molecular flexibility index (Phi) is 6.24. The number of benzene rings is 2. The van der Waals surface area contributed by atoms with E-state index in [1.807, 2.05) is 19.1 Å². The van der Waals surface area contributed by atoms with Crippen LogP contribution in [0.25, 0.3) is 10.6 Å². The number of ether oxygens (including phenoxy) is 1. The second-order valence-corrected chi connectivity index (χ2v) is 7.89. The van der Waals surface area contributed by atoms with Gasteiger partial charge in [-0.15, -0.1) is 11.3 Å². The number of aromatic nitrogens is 1. The molecule has 2 aromatic carbocycles. The topological polar surface area (TPSA) is 28.6 Å². The first kappa shape index (κ1) is 19.0. The highest BCUT2D eigenvalue weighted by Gasteiger charge is 2.18. The standard InChI is InChI=1S/C23H27N3OS/c1-2-27-22-12-7-6-11-21(22)26-14-8-13-25(15-16-26)17-20-18-28-23(24-20)19-9-4-3-5-10-19/h3-7,9-12,18H,2,8,13-17H2,1H3. The van der Waals surface area contributed by atoms with Gasteiger partial charge in [0.05, 0.1) is 18.0 Å². The van der Waals surface area contributed by atoms with Crippen molar-refractivity contribution in [3.63, 3.8) is 0 Å². The van der Waals surface area contributed by atoms with Crippen LogP contribution in [-0.4, -0.2) is 42.7 Å². The Morgan fingerprint density at radius 1 is 0.964 bits per heavy atom. The van der Waals surface area contributed by atoms with Crippen molar-refractivity contribution in [3.8, 4) is 16.3 Å². The van der Waals surface area contributed by atoms with Gasteiger partial charge in [-0.25, -0.2) is 4.98 Å². The van der Waals surface area contributed by atoms with Crippen molar-refractivity contribution in [2.45, 2.75) is 19.9 Å². The van der Waals surface area contributed by atoms with E-state index >= 15 is 0 Å². The summed E-state index contributed by atoms with van der Waals surface area (Å²) in [5.74, 6) is 0.991. The third kappa shape index (κ3) is 4.54. The maximum Gasteiger partial charge on any atom is 0.142 e. The maximum atomic E-state index is 5.83. The van der Waals surface area contributed by atoms with Gasteiger partial charge in [0, 0.05) is 43.7 Å². The Bertz CT molecular complexity index is 880. The van der Waals surface area contributed by atoms with E-state index in [1.165, 1.54) is 16.9 Å². The van der Waals surface area contributed by atoms with Crippen LogP contribution in [0.15, 0.2) is 60.0 Å². The summed E-state index contributed by atoms with van der Waals surface area (Å²) in [6.07, 6.45) is 1.15. The van der Waals surface area contributed by atoms with Crippen LogP contribution in [0.2, 0.25) is 0 Å². The van der Waals surface area contributed by atoms with Crippen molar-refractivity contribution in [2.75, 3.05) is 37.7 Å². The van der Waals surface area contributed by atoms with Gasteiger partial charge in [-0.3, -0.25) is 4.90 Å². The average molecular weight is 394 g/mol. The Balaban J connectivity index is 1.39. The zero-order valence-electron chi connectivity index (χ0n) is 16.4. The first-order valence-electron chi connectivity index (χ1n) is 10.0. The second-order valence-electron chi connectivity index (χ2n) is 7.03. The van der Waals surface area contributed by atoms with E-state index in [-0.39, 0.29) is 0 Å². The lowest BCUT2D eigenvalue weighted by atomic mass is 10.2. The largest absolute Gasteiger partial charge is 0.492 e. The fraction of sp³-hybridized carbons (Fsp3) is 0.348. The summed E-state index contributed by atoms with van der Waals surface area (Å²) in [5.41, 5.74) is 3.59. The summed E-state index contributed by atoms with van der Waals surface area (Å²) < 4.78 is 5.83. The zero-order valence-corrected chi connectivity index (χ0v) is 17.2. The molecule has 1 saturated heterocycles. The second kappa shape index (κ2) is 9.22. The van der Waals surface area contributed by atoms with Gasteiger partial charge in [-0.2, -0.15) is 0 Å². The molecular weight excluding hydrogens is 366 g/mol. The number of rotatable bonds is 6. The molecule has 1 fully saturated rings. The number of thiazole rings is 1. The molecule has 0 spiro atoms. The molecule has 3 aromatic rings. The van der Waals surface area contributed by atoms with Gasteiger partial charge in [0.1, 0.15) is 10.8 Å². The van der Waals surface area contributed by atoms with E-state index in [2.05, 4.69) is 57.6 Å². The normalized spacial score (nSPS) is 15.4. The number of nitrogens with zero attached hydrogens (tertiary/aromatic N) is 3. The molecule has 1 aliphatic heterocycles. The summed E-state index contributed by atoms with van der Waals surface area (Å²) in [6.45, 7) is 7.88. The number of para-hydroxylation sites is 2. The van der Waals surface area contributed by atoms with E-state index in [4.69, 9.17) is 9.72 Å². The molecule has 146 valence electrons.